The highest BCUT2D eigenvalue weighted by Crippen LogP contribution is 2.29. The molecule has 1 N–H and O–H groups in total. The lowest BCUT2D eigenvalue weighted by Gasteiger charge is -2.34. The van der Waals surface area contributed by atoms with Crippen molar-refractivity contribution in [2.75, 3.05) is 64.2 Å². The van der Waals surface area contributed by atoms with E-state index in [1.54, 1.807) is 13.8 Å². The Bertz CT molecular complexity index is 759. The molecule has 1 aromatic rings. The van der Waals surface area contributed by atoms with E-state index in [-0.39, 0.29) is 10.6 Å². The maximum absolute atomic E-state index is 12.6. The summed E-state index contributed by atoms with van der Waals surface area (Å²) in [6.45, 7) is 12.7. The van der Waals surface area contributed by atoms with Gasteiger partial charge in [-0.2, -0.15) is 4.31 Å². The van der Waals surface area contributed by atoms with Crippen molar-refractivity contribution in [1.82, 2.24) is 14.1 Å². The molecule has 0 amide bonds. The molecule has 158 valence electrons. The van der Waals surface area contributed by atoms with E-state index < -0.39 is 14.9 Å². The molecule has 9 nitrogen and oxygen atoms in total. The summed E-state index contributed by atoms with van der Waals surface area (Å²) in [5.74, 6) is 0. The Morgan fingerprint density at radius 1 is 1.11 bits per heavy atom. The van der Waals surface area contributed by atoms with Crippen LogP contribution in [0, 0.1) is 10.1 Å². The lowest BCUT2D eigenvalue weighted by atomic mass is 10.2. The second-order valence-corrected chi connectivity index (χ2v) is 8.67. The summed E-state index contributed by atoms with van der Waals surface area (Å²) < 4.78 is 26.5. The van der Waals surface area contributed by atoms with Gasteiger partial charge in [0.15, 0.2) is 0 Å². The largest absolute Gasteiger partial charge is 0.378 e. The molecule has 0 atom stereocenters. The van der Waals surface area contributed by atoms with Crippen molar-refractivity contribution < 1.29 is 13.3 Å². The van der Waals surface area contributed by atoms with Gasteiger partial charge in [-0.05, 0) is 18.7 Å². The van der Waals surface area contributed by atoms with E-state index in [2.05, 4.69) is 22.0 Å². The van der Waals surface area contributed by atoms with Gasteiger partial charge >= 0.3 is 0 Å². The molecule has 0 saturated carbocycles. The SMILES string of the molecule is CCN1CCN(CCNc2ccc(S(=O)(=O)N(CC)CC)cc2[N+](=O)[O-])CC1. The number of nitro benzene ring substituents is 1. The molecule has 1 saturated heterocycles. The Morgan fingerprint density at radius 2 is 1.71 bits per heavy atom. The maximum atomic E-state index is 12.6. The van der Waals surface area contributed by atoms with Crippen LogP contribution in [0.4, 0.5) is 11.4 Å². The van der Waals surface area contributed by atoms with Crippen molar-refractivity contribution in [1.29, 1.82) is 0 Å². The number of hydrogen-bond donors (Lipinski definition) is 1. The van der Waals surface area contributed by atoms with Gasteiger partial charge in [-0.15, -0.1) is 0 Å². The fourth-order valence-electron chi connectivity index (χ4n) is 3.36. The van der Waals surface area contributed by atoms with E-state index >= 15 is 0 Å². The molecular weight excluding hydrogens is 382 g/mol. The fourth-order valence-corrected chi connectivity index (χ4v) is 4.84. The van der Waals surface area contributed by atoms with Gasteiger partial charge in [0.1, 0.15) is 5.69 Å². The van der Waals surface area contributed by atoms with E-state index in [4.69, 9.17) is 0 Å². The second kappa shape index (κ2) is 10.1. The van der Waals surface area contributed by atoms with Gasteiger partial charge in [-0.1, -0.05) is 20.8 Å². The molecule has 1 aliphatic rings. The summed E-state index contributed by atoms with van der Waals surface area (Å²) in [6, 6.07) is 4.07. The number of nitrogens with zero attached hydrogens (tertiary/aromatic N) is 4. The molecule has 1 heterocycles. The highest BCUT2D eigenvalue weighted by molar-refractivity contribution is 7.89. The fraction of sp³-hybridized carbons (Fsp3) is 0.667. The van der Waals surface area contributed by atoms with Crippen molar-refractivity contribution in [2.45, 2.75) is 25.7 Å². The lowest BCUT2D eigenvalue weighted by Crippen LogP contribution is -2.47. The minimum Gasteiger partial charge on any atom is -0.378 e. The second-order valence-electron chi connectivity index (χ2n) is 6.73. The normalized spacial score (nSPS) is 16.4. The van der Waals surface area contributed by atoms with Gasteiger partial charge < -0.3 is 10.2 Å². The van der Waals surface area contributed by atoms with Crippen LogP contribution in [0.1, 0.15) is 20.8 Å². The first-order valence-electron chi connectivity index (χ1n) is 9.80. The molecule has 1 fully saturated rings. The average molecular weight is 414 g/mol. The molecule has 1 aliphatic heterocycles. The molecule has 2 rings (SSSR count). The predicted octanol–water partition coefficient (Wildman–Crippen LogP) is 1.67. The summed E-state index contributed by atoms with van der Waals surface area (Å²) in [4.78, 5) is 15.6. The van der Waals surface area contributed by atoms with Gasteiger partial charge in [0, 0.05) is 58.4 Å². The third-order valence-electron chi connectivity index (χ3n) is 5.16. The summed E-state index contributed by atoms with van der Waals surface area (Å²) in [6.07, 6.45) is 0. The zero-order valence-corrected chi connectivity index (χ0v) is 17.7. The molecule has 0 spiro atoms. The predicted molar refractivity (Wildman–Crippen MR) is 110 cm³/mol. The number of rotatable bonds is 10. The summed E-state index contributed by atoms with van der Waals surface area (Å²) in [5, 5.41) is 14.6. The standard InChI is InChI=1S/C18H31N5O4S/c1-4-20-11-13-21(14-12-20)10-9-19-17-8-7-16(15-18(17)23(24)25)28(26,27)22(5-2)6-3/h7-8,15,19H,4-6,9-14H2,1-3H3. The lowest BCUT2D eigenvalue weighted by molar-refractivity contribution is -0.384. The van der Waals surface area contributed by atoms with Crippen LogP contribution in [0.5, 0.6) is 0 Å². The molecule has 0 bridgehead atoms. The minimum absolute atomic E-state index is 0.0517. The van der Waals surface area contributed by atoms with Crippen molar-refractivity contribution in [3.8, 4) is 0 Å². The van der Waals surface area contributed by atoms with Crippen LogP contribution >= 0.6 is 0 Å². The zero-order chi connectivity index (χ0) is 20.7. The first-order valence-corrected chi connectivity index (χ1v) is 11.2. The van der Waals surface area contributed by atoms with Crippen molar-refractivity contribution in [2.24, 2.45) is 0 Å². The van der Waals surface area contributed by atoms with Crippen molar-refractivity contribution >= 4 is 21.4 Å². The molecule has 28 heavy (non-hydrogen) atoms. The summed E-state index contributed by atoms with van der Waals surface area (Å²) in [5.41, 5.74) is 0.125. The number of anilines is 1. The van der Waals surface area contributed by atoms with Crippen molar-refractivity contribution in [3.05, 3.63) is 28.3 Å². The number of likely N-dealkylation sites (N-methyl/N-ethyl adjacent to an activating group) is 1. The Balaban J connectivity index is 2.06. The van der Waals surface area contributed by atoms with E-state index in [9.17, 15) is 18.5 Å². The quantitative estimate of drug-likeness (QED) is 0.460. The third-order valence-corrected chi connectivity index (χ3v) is 7.21. The van der Waals surface area contributed by atoms with Gasteiger partial charge in [0.25, 0.3) is 5.69 Å². The van der Waals surface area contributed by atoms with E-state index in [1.165, 1.54) is 16.4 Å². The topological polar surface area (TPSA) is 99.0 Å². The molecule has 0 unspecified atom stereocenters. The summed E-state index contributed by atoms with van der Waals surface area (Å²) >= 11 is 0. The smallest absolute Gasteiger partial charge is 0.293 e. The van der Waals surface area contributed by atoms with Gasteiger partial charge in [0.05, 0.1) is 9.82 Å². The third kappa shape index (κ3) is 5.40. The van der Waals surface area contributed by atoms with Crippen LogP contribution in [0.25, 0.3) is 0 Å². The Labute approximate surface area is 167 Å². The number of nitro groups is 1. The van der Waals surface area contributed by atoms with E-state index in [1.807, 2.05) is 0 Å². The Morgan fingerprint density at radius 3 is 2.25 bits per heavy atom. The number of piperazine rings is 1. The average Bonchev–Trinajstić information content (AvgIpc) is 2.69. The number of benzene rings is 1. The van der Waals surface area contributed by atoms with Crippen LogP contribution in [0.3, 0.4) is 0 Å². The van der Waals surface area contributed by atoms with Crippen LogP contribution in [-0.2, 0) is 10.0 Å². The van der Waals surface area contributed by atoms with Crippen LogP contribution < -0.4 is 5.32 Å². The Hall–Kier alpha value is -1.75. The summed E-state index contributed by atoms with van der Waals surface area (Å²) in [7, 11) is -3.73. The highest BCUT2D eigenvalue weighted by Gasteiger charge is 2.25. The van der Waals surface area contributed by atoms with Crippen LogP contribution in [0.15, 0.2) is 23.1 Å². The minimum atomic E-state index is -3.73. The number of sulfonamides is 1. The maximum Gasteiger partial charge on any atom is 0.293 e. The zero-order valence-electron chi connectivity index (χ0n) is 16.9. The van der Waals surface area contributed by atoms with Crippen LogP contribution in [0.2, 0.25) is 0 Å². The number of nitrogens with one attached hydrogen (secondary N) is 1. The van der Waals surface area contributed by atoms with E-state index in [0.717, 1.165) is 45.3 Å². The molecule has 1 aromatic carbocycles. The molecule has 0 aromatic heterocycles. The van der Waals surface area contributed by atoms with E-state index in [0.29, 0.717) is 25.3 Å². The van der Waals surface area contributed by atoms with Crippen LogP contribution in [-0.4, -0.2) is 86.3 Å². The van der Waals surface area contributed by atoms with Gasteiger partial charge in [0.2, 0.25) is 10.0 Å². The Kier molecular flexibility index (Phi) is 8.17. The first kappa shape index (κ1) is 22.5. The first-order chi connectivity index (χ1) is 13.3. The number of hydrogen-bond acceptors (Lipinski definition) is 7. The molecular formula is C18H31N5O4S. The molecule has 0 radical (unpaired) electrons. The van der Waals surface area contributed by atoms with Gasteiger partial charge in [-0.25, -0.2) is 8.42 Å². The molecule has 0 aliphatic carbocycles. The van der Waals surface area contributed by atoms with Gasteiger partial charge in [-0.3, -0.25) is 15.0 Å². The molecule has 10 heteroatoms. The monoisotopic (exact) mass is 413 g/mol. The van der Waals surface area contributed by atoms with Crippen molar-refractivity contribution in [3.63, 3.8) is 0 Å². The highest BCUT2D eigenvalue weighted by atomic mass is 32.2.